The molecule has 0 radical (unpaired) electrons. The molecule has 2 N–H and O–H groups in total. The molecule has 2 aliphatic rings. The lowest BCUT2D eigenvalue weighted by Gasteiger charge is -2.15. The van der Waals surface area contributed by atoms with E-state index < -0.39 is 0 Å². The monoisotopic (exact) mass is 230 g/mol. The van der Waals surface area contributed by atoms with E-state index in [9.17, 15) is 0 Å². The van der Waals surface area contributed by atoms with Crippen molar-refractivity contribution in [2.45, 2.75) is 45.2 Å². The van der Waals surface area contributed by atoms with Crippen LogP contribution in [0.3, 0.4) is 0 Å². The molecule has 1 aromatic rings. The number of para-hydroxylation sites is 1. The first-order valence-corrected chi connectivity index (χ1v) is 6.91. The summed E-state index contributed by atoms with van der Waals surface area (Å²) in [6, 6.07) is 7.33. The number of hydrogen-bond acceptors (Lipinski definition) is 2. The number of benzene rings is 1. The molecule has 3 rings (SSSR count). The van der Waals surface area contributed by atoms with Crippen LogP contribution in [-0.2, 0) is 13.0 Å². The Morgan fingerprint density at radius 1 is 1.41 bits per heavy atom. The van der Waals surface area contributed by atoms with Crippen LogP contribution in [0, 0.1) is 5.92 Å². The van der Waals surface area contributed by atoms with Crippen molar-refractivity contribution in [1.29, 1.82) is 0 Å². The van der Waals surface area contributed by atoms with Gasteiger partial charge in [-0.2, -0.15) is 0 Å². The van der Waals surface area contributed by atoms with Gasteiger partial charge < -0.3 is 10.6 Å². The summed E-state index contributed by atoms with van der Waals surface area (Å²) in [4.78, 5) is 0. The van der Waals surface area contributed by atoms with E-state index in [1.807, 2.05) is 0 Å². The second kappa shape index (κ2) is 4.69. The van der Waals surface area contributed by atoms with Gasteiger partial charge in [0.1, 0.15) is 0 Å². The maximum Gasteiger partial charge on any atom is 0.0419 e. The largest absolute Gasteiger partial charge is 0.384 e. The standard InChI is InChI=1S/C15H22N2/c1-11(9-12-5-6-12)17-10-14-4-2-3-13-7-8-16-15(13)14/h2-4,11-12,16-17H,5-10H2,1H3. The Labute approximate surface area is 104 Å². The number of anilines is 1. The molecule has 1 aliphatic carbocycles. The van der Waals surface area contributed by atoms with Gasteiger partial charge in [-0.25, -0.2) is 0 Å². The molecule has 2 heteroatoms. The fraction of sp³-hybridized carbons (Fsp3) is 0.600. The van der Waals surface area contributed by atoms with Crippen molar-refractivity contribution in [3.05, 3.63) is 29.3 Å². The summed E-state index contributed by atoms with van der Waals surface area (Å²) in [5, 5.41) is 7.17. The van der Waals surface area contributed by atoms with E-state index in [4.69, 9.17) is 0 Å². The number of rotatable bonds is 5. The van der Waals surface area contributed by atoms with Crippen LogP contribution in [0.4, 0.5) is 5.69 Å². The minimum absolute atomic E-state index is 0.653. The molecule has 0 spiro atoms. The van der Waals surface area contributed by atoms with Gasteiger partial charge in [-0.3, -0.25) is 0 Å². The van der Waals surface area contributed by atoms with E-state index in [0.717, 1.165) is 19.0 Å². The minimum atomic E-state index is 0.653. The van der Waals surface area contributed by atoms with Crippen LogP contribution in [0.1, 0.15) is 37.3 Å². The van der Waals surface area contributed by atoms with Crippen molar-refractivity contribution < 1.29 is 0 Å². The highest BCUT2D eigenvalue weighted by molar-refractivity contribution is 5.61. The van der Waals surface area contributed by atoms with Crippen molar-refractivity contribution in [3.63, 3.8) is 0 Å². The van der Waals surface area contributed by atoms with Crippen molar-refractivity contribution in [2.24, 2.45) is 5.92 Å². The van der Waals surface area contributed by atoms with Crippen LogP contribution >= 0.6 is 0 Å². The molecular weight excluding hydrogens is 208 g/mol. The second-order valence-corrected chi connectivity index (χ2v) is 5.59. The van der Waals surface area contributed by atoms with Crippen LogP contribution in [0.15, 0.2) is 18.2 Å². The summed E-state index contributed by atoms with van der Waals surface area (Å²) in [6.45, 7) is 4.42. The molecule has 1 aromatic carbocycles. The van der Waals surface area contributed by atoms with Crippen LogP contribution < -0.4 is 10.6 Å². The first-order chi connectivity index (χ1) is 8.33. The van der Waals surface area contributed by atoms with E-state index in [2.05, 4.69) is 35.8 Å². The predicted molar refractivity (Wildman–Crippen MR) is 72.3 cm³/mol. The van der Waals surface area contributed by atoms with E-state index in [0.29, 0.717) is 6.04 Å². The number of hydrogen-bond donors (Lipinski definition) is 2. The molecule has 1 unspecified atom stereocenters. The molecule has 2 nitrogen and oxygen atoms in total. The average molecular weight is 230 g/mol. The Morgan fingerprint density at radius 3 is 3.12 bits per heavy atom. The summed E-state index contributed by atoms with van der Waals surface area (Å²) >= 11 is 0. The van der Waals surface area contributed by atoms with Crippen molar-refractivity contribution in [3.8, 4) is 0 Å². The molecule has 1 heterocycles. The van der Waals surface area contributed by atoms with Gasteiger partial charge >= 0.3 is 0 Å². The third-order valence-corrected chi connectivity index (χ3v) is 3.96. The highest BCUT2D eigenvalue weighted by Gasteiger charge is 2.23. The molecule has 1 fully saturated rings. The summed E-state index contributed by atoms with van der Waals surface area (Å²) in [7, 11) is 0. The molecule has 92 valence electrons. The molecule has 0 bridgehead atoms. The van der Waals surface area contributed by atoms with Crippen LogP contribution in [-0.4, -0.2) is 12.6 Å². The first kappa shape index (κ1) is 11.1. The van der Waals surface area contributed by atoms with E-state index in [1.165, 1.54) is 42.5 Å². The summed E-state index contributed by atoms with van der Waals surface area (Å²) in [5.41, 5.74) is 4.31. The topological polar surface area (TPSA) is 24.1 Å². The normalized spacial score (nSPS) is 19.8. The lowest BCUT2D eigenvalue weighted by molar-refractivity contribution is 0.488. The lowest BCUT2D eigenvalue weighted by Crippen LogP contribution is -2.26. The third-order valence-electron chi connectivity index (χ3n) is 3.96. The van der Waals surface area contributed by atoms with Crippen molar-refractivity contribution in [1.82, 2.24) is 5.32 Å². The van der Waals surface area contributed by atoms with Gasteiger partial charge in [-0.1, -0.05) is 31.0 Å². The molecule has 1 aliphatic heterocycles. The first-order valence-electron chi connectivity index (χ1n) is 6.91. The van der Waals surface area contributed by atoms with E-state index >= 15 is 0 Å². The van der Waals surface area contributed by atoms with Crippen LogP contribution in [0.2, 0.25) is 0 Å². The van der Waals surface area contributed by atoms with Gasteiger partial charge in [0.25, 0.3) is 0 Å². The molecule has 0 aromatic heterocycles. The van der Waals surface area contributed by atoms with Gasteiger partial charge in [-0.05, 0) is 36.8 Å². The quantitative estimate of drug-likeness (QED) is 0.812. The molecule has 0 saturated heterocycles. The van der Waals surface area contributed by atoms with Gasteiger partial charge in [0.05, 0.1) is 0 Å². The zero-order valence-corrected chi connectivity index (χ0v) is 10.6. The Bertz CT molecular complexity index is 396. The summed E-state index contributed by atoms with van der Waals surface area (Å²) in [6.07, 6.45) is 5.44. The third kappa shape index (κ3) is 2.63. The van der Waals surface area contributed by atoms with E-state index in [-0.39, 0.29) is 0 Å². The fourth-order valence-electron chi connectivity index (χ4n) is 2.78. The Balaban J connectivity index is 1.59. The van der Waals surface area contributed by atoms with E-state index in [1.54, 1.807) is 0 Å². The Morgan fingerprint density at radius 2 is 2.29 bits per heavy atom. The lowest BCUT2D eigenvalue weighted by atomic mass is 10.1. The maximum absolute atomic E-state index is 3.66. The Kier molecular flexibility index (Phi) is 3.06. The molecule has 17 heavy (non-hydrogen) atoms. The van der Waals surface area contributed by atoms with Crippen molar-refractivity contribution in [2.75, 3.05) is 11.9 Å². The fourth-order valence-corrected chi connectivity index (χ4v) is 2.78. The number of fused-ring (bicyclic) bond motifs is 1. The average Bonchev–Trinajstić information content (AvgIpc) is 3.00. The highest BCUT2D eigenvalue weighted by Crippen LogP contribution is 2.33. The second-order valence-electron chi connectivity index (χ2n) is 5.59. The summed E-state index contributed by atoms with van der Waals surface area (Å²) < 4.78 is 0. The molecule has 0 amide bonds. The van der Waals surface area contributed by atoms with Crippen molar-refractivity contribution >= 4 is 5.69 Å². The smallest absolute Gasteiger partial charge is 0.0419 e. The van der Waals surface area contributed by atoms with Gasteiger partial charge in [0.2, 0.25) is 0 Å². The highest BCUT2D eigenvalue weighted by atomic mass is 14.9. The predicted octanol–water partition coefficient (Wildman–Crippen LogP) is 2.93. The van der Waals surface area contributed by atoms with Gasteiger partial charge in [-0.15, -0.1) is 0 Å². The van der Waals surface area contributed by atoms with Gasteiger partial charge in [0.15, 0.2) is 0 Å². The zero-order chi connectivity index (χ0) is 11.7. The molecule has 1 atom stereocenters. The summed E-state index contributed by atoms with van der Waals surface area (Å²) in [5.74, 6) is 1.01. The molecular formula is C15H22N2. The van der Waals surface area contributed by atoms with Gasteiger partial charge in [0, 0.05) is 24.8 Å². The Hall–Kier alpha value is -1.02. The minimum Gasteiger partial charge on any atom is -0.384 e. The zero-order valence-electron chi connectivity index (χ0n) is 10.6. The number of nitrogens with one attached hydrogen (secondary N) is 2. The molecule has 1 saturated carbocycles. The maximum atomic E-state index is 3.66. The van der Waals surface area contributed by atoms with Crippen LogP contribution in [0.25, 0.3) is 0 Å². The SMILES string of the molecule is CC(CC1CC1)NCc1cccc2c1NCC2. The van der Waals surface area contributed by atoms with Crippen LogP contribution in [0.5, 0.6) is 0 Å².